The molecule has 0 N–H and O–H groups in total. The van der Waals surface area contributed by atoms with Gasteiger partial charge in [0.1, 0.15) is 17.6 Å². The van der Waals surface area contributed by atoms with Crippen molar-refractivity contribution in [2.75, 3.05) is 7.11 Å². The fraction of sp³-hybridized carbons (Fsp3) is 0.0588. The summed E-state index contributed by atoms with van der Waals surface area (Å²) in [5.41, 5.74) is 0.410. The maximum Gasteiger partial charge on any atom is 0.339 e. The molecule has 3 aromatic rings. The topological polar surface area (TPSA) is 65.7 Å². The van der Waals surface area contributed by atoms with Gasteiger partial charge in [-0.05, 0) is 30.3 Å². The first kappa shape index (κ1) is 13.9. The lowest BCUT2D eigenvalue weighted by molar-refractivity contribution is 0.112. The standard InChI is InChI=1S/C17H12O5/c1-20-16-8-11(10-18)6-7-14(16)21-15-9-17(19)22-13-5-3-2-4-12(13)15/h2-10H,1H3. The van der Waals surface area contributed by atoms with Gasteiger partial charge >= 0.3 is 5.63 Å². The monoisotopic (exact) mass is 296 g/mol. The molecule has 0 aliphatic rings. The number of carbonyl (C=O) groups is 1. The second-order valence-corrected chi connectivity index (χ2v) is 4.56. The Labute approximate surface area is 125 Å². The normalized spacial score (nSPS) is 10.4. The summed E-state index contributed by atoms with van der Waals surface area (Å²) in [6.07, 6.45) is 0.721. The van der Waals surface area contributed by atoms with Crippen LogP contribution in [0.3, 0.4) is 0 Å². The van der Waals surface area contributed by atoms with Crippen LogP contribution in [-0.2, 0) is 0 Å². The lowest BCUT2D eigenvalue weighted by Gasteiger charge is -2.11. The van der Waals surface area contributed by atoms with E-state index in [-0.39, 0.29) is 0 Å². The van der Waals surface area contributed by atoms with Crippen LogP contribution in [0, 0.1) is 0 Å². The average molecular weight is 296 g/mol. The zero-order valence-electron chi connectivity index (χ0n) is 11.7. The molecule has 0 unspecified atom stereocenters. The summed E-state index contributed by atoms with van der Waals surface area (Å²) in [7, 11) is 1.48. The third-order valence-corrected chi connectivity index (χ3v) is 3.16. The number of benzene rings is 2. The highest BCUT2D eigenvalue weighted by molar-refractivity contribution is 5.83. The summed E-state index contributed by atoms with van der Waals surface area (Å²) in [6, 6.07) is 13.1. The van der Waals surface area contributed by atoms with E-state index < -0.39 is 5.63 Å². The first-order chi connectivity index (χ1) is 10.7. The minimum atomic E-state index is -0.503. The third kappa shape index (κ3) is 2.56. The van der Waals surface area contributed by atoms with Crippen molar-refractivity contribution in [2.45, 2.75) is 0 Å². The molecule has 1 aromatic heterocycles. The third-order valence-electron chi connectivity index (χ3n) is 3.16. The predicted molar refractivity (Wildman–Crippen MR) is 80.9 cm³/mol. The highest BCUT2D eigenvalue weighted by atomic mass is 16.5. The summed E-state index contributed by atoms with van der Waals surface area (Å²) in [4.78, 5) is 22.4. The Hall–Kier alpha value is -3.08. The zero-order chi connectivity index (χ0) is 15.5. The smallest absolute Gasteiger partial charge is 0.339 e. The van der Waals surface area contributed by atoms with Crippen LogP contribution in [0.5, 0.6) is 17.2 Å². The van der Waals surface area contributed by atoms with Crippen molar-refractivity contribution in [1.29, 1.82) is 0 Å². The lowest BCUT2D eigenvalue weighted by Crippen LogP contribution is -1.99. The van der Waals surface area contributed by atoms with Crippen molar-refractivity contribution in [3.63, 3.8) is 0 Å². The molecule has 1 heterocycles. The van der Waals surface area contributed by atoms with Crippen molar-refractivity contribution < 1.29 is 18.7 Å². The predicted octanol–water partition coefficient (Wildman–Crippen LogP) is 3.41. The Balaban J connectivity index is 2.10. The molecular formula is C17H12O5. The fourth-order valence-electron chi connectivity index (χ4n) is 2.13. The molecule has 0 spiro atoms. The maximum atomic E-state index is 11.6. The number of para-hydroxylation sites is 1. The van der Waals surface area contributed by atoms with Gasteiger partial charge in [0.15, 0.2) is 11.5 Å². The van der Waals surface area contributed by atoms with Crippen LogP contribution in [0.25, 0.3) is 11.0 Å². The minimum Gasteiger partial charge on any atom is -0.493 e. The quantitative estimate of drug-likeness (QED) is 0.545. The first-order valence-corrected chi connectivity index (χ1v) is 6.55. The summed E-state index contributed by atoms with van der Waals surface area (Å²) in [5.74, 6) is 1.18. The van der Waals surface area contributed by atoms with Crippen molar-refractivity contribution in [3.8, 4) is 17.2 Å². The van der Waals surface area contributed by atoms with E-state index >= 15 is 0 Å². The second-order valence-electron chi connectivity index (χ2n) is 4.56. The van der Waals surface area contributed by atoms with Crippen molar-refractivity contribution in [3.05, 3.63) is 64.5 Å². The van der Waals surface area contributed by atoms with Gasteiger partial charge in [-0.2, -0.15) is 0 Å². The molecule has 5 heteroatoms. The average Bonchev–Trinajstić information content (AvgIpc) is 2.55. The molecule has 3 rings (SSSR count). The number of fused-ring (bicyclic) bond motifs is 1. The fourth-order valence-corrected chi connectivity index (χ4v) is 2.13. The van der Waals surface area contributed by atoms with Gasteiger partial charge in [-0.3, -0.25) is 4.79 Å². The van der Waals surface area contributed by atoms with Crippen LogP contribution in [0.2, 0.25) is 0 Å². The summed E-state index contributed by atoms with van der Waals surface area (Å²) >= 11 is 0. The number of hydrogen-bond acceptors (Lipinski definition) is 5. The Kier molecular flexibility index (Phi) is 3.62. The lowest BCUT2D eigenvalue weighted by atomic mass is 10.2. The Morgan fingerprint density at radius 3 is 2.59 bits per heavy atom. The van der Waals surface area contributed by atoms with Crippen LogP contribution < -0.4 is 15.1 Å². The van der Waals surface area contributed by atoms with Gasteiger partial charge in [0, 0.05) is 5.56 Å². The molecule has 0 amide bonds. The molecule has 0 saturated heterocycles. The Bertz CT molecular complexity index is 895. The van der Waals surface area contributed by atoms with E-state index in [0.717, 1.165) is 6.29 Å². The van der Waals surface area contributed by atoms with Crippen LogP contribution in [0.15, 0.2) is 57.7 Å². The highest BCUT2D eigenvalue weighted by Crippen LogP contribution is 2.34. The molecule has 0 atom stereocenters. The number of aldehydes is 1. The molecule has 110 valence electrons. The number of methoxy groups -OCH3 is 1. The molecular weight excluding hydrogens is 284 g/mol. The number of carbonyl (C=O) groups excluding carboxylic acids is 1. The van der Waals surface area contributed by atoms with E-state index in [2.05, 4.69) is 0 Å². The molecule has 2 aromatic carbocycles. The summed E-state index contributed by atoms with van der Waals surface area (Å²) in [5, 5.41) is 0.670. The zero-order valence-corrected chi connectivity index (χ0v) is 11.7. The van der Waals surface area contributed by atoms with E-state index in [1.54, 1.807) is 36.4 Å². The number of ether oxygens (including phenoxy) is 2. The molecule has 22 heavy (non-hydrogen) atoms. The second kappa shape index (κ2) is 5.73. The van der Waals surface area contributed by atoms with Gasteiger partial charge in [-0.1, -0.05) is 12.1 Å². The van der Waals surface area contributed by atoms with E-state index in [1.807, 2.05) is 6.07 Å². The summed E-state index contributed by atoms with van der Waals surface area (Å²) < 4.78 is 16.1. The van der Waals surface area contributed by atoms with Crippen molar-refractivity contribution in [2.24, 2.45) is 0 Å². The van der Waals surface area contributed by atoms with Gasteiger partial charge in [0.05, 0.1) is 18.6 Å². The van der Waals surface area contributed by atoms with Crippen LogP contribution >= 0.6 is 0 Å². The van der Waals surface area contributed by atoms with E-state index in [1.165, 1.54) is 13.2 Å². The number of rotatable bonds is 4. The summed E-state index contributed by atoms with van der Waals surface area (Å²) in [6.45, 7) is 0. The SMILES string of the molecule is COc1cc(C=O)ccc1Oc1cc(=O)oc2ccccc12. The first-order valence-electron chi connectivity index (χ1n) is 6.55. The van der Waals surface area contributed by atoms with E-state index in [4.69, 9.17) is 13.9 Å². The molecule has 5 nitrogen and oxygen atoms in total. The maximum absolute atomic E-state index is 11.6. The molecule has 0 aliphatic heterocycles. The van der Waals surface area contributed by atoms with Crippen molar-refractivity contribution in [1.82, 2.24) is 0 Å². The van der Waals surface area contributed by atoms with Gasteiger partial charge in [-0.15, -0.1) is 0 Å². The van der Waals surface area contributed by atoms with E-state index in [0.29, 0.717) is 33.8 Å². The molecule has 0 radical (unpaired) electrons. The Morgan fingerprint density at radius 2 is 1.82 bits per heavy atom. The van der Waals surface area contributed by atoms with Gasteiger partial charge < -0.3 is 13.9 Å². The molecule has 0 saturated carbocycles. The molecule has 0 bridgehead atoms. The van der Waals surface area contributed by atoms with Gasteiger partial charge in [-0.25, -0.2) is 4.79 Å². The van der Waals surface area contributed by atoms with E-state index in [9.17, 15) is 9.59 Å². The van der Waals surface area contributed by atoms with Gasteiger partial charge in [0.25, 0.3) is 0 Å². The van der Waals surface area contributed by atoms with Crippen molar-refractivity contribution >= 4 is 17.3 Å². The number of hydrogen-bond donors (Lipinski definition) is 0. The van der Waals surface area contributed by atoms with Gasteiger partial charge in [0.2, 0.25) is 0 Å². The van der Waals surface area contributed by atoms with Crippen LogP contribution in [0.1, 0.15) is 10.4 Å². The van der Waals surface area contributed by atoms with Crippen LogP contribution in [-0.4, -0.2) is 13.4 Å². The molecule has 0 aliphatic carbocycles. The largest absolute Gasteiger partial charge is 0.493 e. The Morgan fingerprint density at radius 1 is 1.00 bits per heavy atom. The molecule has 0 fully saturated rings. The van der Waals surface area contributed by atoms with Crippen LogP contribution in [0.4, 0.5) is 0 Å². The highest BCUT2D eigenvalue weighted by Gasteiger charge is 2.11. The minimum absolute atomic E-state index is 0.365.